The van der Waals surface area contributed by atoms with Crippen molar-refractivity contribution in [3.8, 4) is 106 Å². The van der Waals surface area contributed by atoms with Gasteiger partial charge in [0.2, 0.25) is 0 Å². The summed E-state index contributed by atoms with van der Waals surface area (Å²) < 4.78 is 29.7. The first kappa shape index (κ1) is 37.2. The minimum absolute atomic E-state index is 0.0513. The second kappa shape index (κ2) is 16.2. The highest BCUT2D eigenvalue weighted by Gasteiger charge is 2.31. The molecule has 0 aliphatic carbocycles. The normalized spacial score (nSPS) is 10.9. The second-order valence-corrected chi connectivity index (χ2v) is 13.9. The summed E-state index contributed by atoms with van der Waals surface area (Å²) in [4.78, 5) is 0. The summed E-state index contributed by atoms with van der Waals surface area (Å²) in [5.41, 5.74) is 9.07. The van der Waals surface area contributed by atoms with Gasteiger partial charge in [0.25, 0.3) is 0 Å². The van der Waals surface area contributed by atoms with E-state index in [1.54, 1.807) is 0 Å². The van der Waals surface area contributed by atoms with Crippen LogP contribution in [0.15, 0.2) is 146 Å². The highest BCUT2D eigenvalue weighted by Crippen LogP contribution is 2.55. The number of hydrogen-bond acceptors (Lipinski definition) is 4. The predicted octanol–water partition coefficient (Wildman–Crippen LogP) is 11.3. The van der Waals surface area contributed by atoms with E-state index in [0.29, 0.717) is 23.0 Å². The molecule has 6 nitrogen and oxygen atoms in total. The average Bonchev–Trinajstić information content (AvgIpc) is 3.82. The molecule has 7 aromatic carbocycles. The van der Waals surface area contributed by atoms with E-state index < -0.39 is 0 Å². The van der Waals surface area contributed by atoms with Gasteiger partial charge in [0.15, 0.2) is 0 Å². The Hall–Kier alpha value is -8.42. The largest absolute Gasteiger partial charge is 0.481 e. The molecule has 9 rings (SSSR count). The van der Waals surface area contributed by atoms with E-state index in [0.717, 1.165) is 77.2 Å². The zero-order valence-electron chi connectivity index (χ0n) is 32.5. The smallest absolute Gasteiger partial charge is 0.148 e. The minimum Gasteiger partial charge on any atom is -0.481 e. The van der Waals surface area contributed by atoms with E-state index in [-0.39, 0.29) is 26.4 Å². The van der Waals surface area contributed by atoms with Gasteiger partial charge in [-0.3, -0.25) is 0 Å². The summed E-state index contributed by atoms with van der Waals surface area (Å²) in [5, 5.41) is 3.91. The lowest BCUT2D eigenvalue weighted by molar-refractivity contribution is 0.361. The molecule has 286 valence electrons. The first-order valence-electron chi connectivity index (χ1n) is 19.3. The molecular formula is C54H36N2O4. The third-order valence-corrected chi connectivity index (χ3v) is 10.5. The number of para-hydroxylation sites is 4. The molecule has 0 radical (unpaired) electrons. The van der Waals surface area contributed by atoms with Gasteiger partial charge in [-0.15, -0.1) is 25.7 Å². The molecule has 0 unspecified atom stereocenters. The highest BCUT2D eigenvalue weighted by atomic mass is 16.5. The van der Waals surface area contributed by atoms with Crippen molar-refractivity contribution in [2.75, 3.05) is 26.4 Å². The molecule has 9 aromatic rings. The Kier molecular flexibility index (Phi) is 10.0. The lowest BCUT2D eigenvalue weighted by atomic mass is 9.89. The molecule has 0 spiro atoms. The molecule has 0 aliphatic heterocycles. The molecule has 0 N–H and O–H groups in total. The number of benzene rings is 7. The summed E-state index contributed by atoms with van der Waals surface area (Å²) in [5.74, 6) is 12.9. The summed E-state index contributed by atoms with van der Waals surface area (Å²) >= 11 is 0. The maximum absolute atomic E-state index is 6.43. The second-order valence-electron chi connectivity index (χ2n) is 13.9. The van der Waals surface area contributed by atoms with Crippen LogP contribution in [0.4, 0.5) is 0 Å². The lowest BCUT2D eigenvalue weighted by Crippen LogP contribution is -2.03. The number of aromatic nitrogens is 2. The van der Waals surface area contributed by atoms with Gasteiger partial charge in [-0.05, 0) is 72.8 Å². The van der Waals surface area contributed by atoms with Crippen molar-refractivity contribution in [3.05, 3.63) is 146 Å². The van der Waals surface area contributed by atoms with Crippen molar-refractivity contribution >= 4 is 43.6 Å². The average molecular weight is 777 g/mol. The summed E-state index contributed by atoms with van der Waals surface area (Å²) in [7, 11) is 0. The quantitative estimate of drug-likeness (QED) is 0.116. The Morgan fingerprint density at radius 2 is 0.767 bits per heavy atom. The third kappa shape index (κ3) is 6.37. The first-order chi connectivity index (χ1) is 29.7. The number of rotatable bonds is 12. The van der Waals surface area contributed by atoms with Crippen LogP contribution in [-0.4, -0.2) is 35.6 Å². The first-order valence-corrected chi connectivity index (χ1v) is 19.3. The monoisotopic (exact) mass is 776 g/mol. The zero-order valence-corrected chi connectivity index (χ0v) is 32.5. The van der Waals surface area contributed by atoms with Crippen LogP contribution in [0.5, 0.6) is 23.0 Å². The third-order valence-electron chi connectivity index (χ3n) is 10.5. The van der Waals surface area contributed by atoms with Gasteiger partial charge in [-0.25, -0.2) is 0 Å². The molecule has 0 bridgehead atoms. The molecule has 0 fully saturated rings. The fourth-order valence-corrected chi connectivity index (χ4v) is 8.24. The van der Waals surface area contributed by atoms with Gasteiger partial charge in [0.05, 0.1) is 22.1 Å². The predicted molar refractivity (Wildman–Crippen MR) is 243 cm³/mol. The molecule has 2 aromatic heterocycles. The van der Waals surface area contributed by atoms with Crippen LogP contribution in [0.3, 0.4) is 0 Å². The van der Waals surface area contributed by atoms with E-state index in [1.807, 2.05) is 72.8 Å². The molecule has 0 saturated carbocycles. The molecule has 0 aliphatic rings. The van der Waals surface area contributed by atoms with Crippen molar-refractivity contribution in [2.24, 2.45) is 0 Å². The lowest BCUT2D eigenvalue weighted by Gasteiger charge is -2.21. The number of fused-ring (bicyclic) bond motifs is 6. The van der Waals surface area contributed by atoms with Crippen molar-refractivity contribution in [2.45, 2.75) is 0 Å². The topological polar surface area (TPSA) is 46.8 Å². The van der Waals surface area contributed by atoms with Gasteiger partial charge >= 0.3 is 0 Å². The van der Waals surface area contributed by atoms with Gasteiger partial charge in [0.1, 0.15) is 49.4 Å². The fraction of sp³-hybridized carbons (Fsp3) is 0.0741. The van der Waals surface area contributed by atoms with Crippen LogP contribution >= 0.6 is 0 Å². The zero-order chi connectivity index (χ0) is 41.0. The van der Waals surface area contributed by atoms with Crippen molar-refractivity contribution in [1.29, 1.82) is 0 Å². The summed E-state index contributed by atoms with van der Waals surface area (Å²) in [6.07, 6.45) is 23.1. The van der Waals surface area contributed by atoms with Crippen molar-refractivity contribution in [1.82, 2.24) is 9.13 Å². The summed E-state index contributed by atoms with van der Waals surface area (Å²) in [6, 6.07) is 49.0. The van der Waals surface area contributed by atoms with Crippen LogP contribution in [0.25, 0.3) is 77.2 Å². The molecule has 0 saturated heterocycles. The number of terminal acetylenes is 4. The Morgan fingerprint density at radius 1 is 0.400 bits per heavy atom. The molecular weight excluding hydrogens is 741 g/mol. The molecule has 60 heavy (non-hydrogen) atoms. The maximum atomic E-state index is 6.43. The van der Waals surface area contributed by atoms with Crippen LogP contribution < -0.4 is 18.9 Å². The SMILES string of the molecule is C#CCOc1ccc(OCC#C)c(-c2c3c4ccccc4n(-c4ccccc4)c3c(-c3cc(OCC#C)ccc3OCC#C)c3c4ccccc4n(-c4ccccc4)c23)c1. The van der Waals surface area contributed by atoms with Crippen molar-refractivity contribution < 1.29 is 18.9 Å². The standard InChI is InChI=1S/C54H36N2O4/c1-5-31-57-39-27-29-47(59-33-7-3)43(35-39)51-49-41-23-15-17-25-45(41)56(38-21-13-10-14-22-38)54(49)52(44-36-40(58-32-6-2)28-30-48(44)60-34-8-4)50-42-24-16-18-26-46(42)55(53(50)51)37-19-11-9-12-20-37/h1-4,9-30,35-36H,31-34H2. The van der Waals surface area contributed by atoms with Gasteiger partial charge in [-0.1, -0.05) is 96.5 Å². The van der Waals surface area contributed by atoms with Crippen LogP contribution in [-0.2, 0) is 0 Å². The van der Waals surface area contributed by atoms with Crippen LogP contribution in [0.2, 0.25) is 0 Å². The fourth-order valence-electron chi connectivity index (χ4n) is 8.24. The molecule has 6 heteroatoms. The van der Waals surface area contributed by atoms with Gasteiger partial charge < -0.3 is 28.1 Å². The number of ether oxygens (including phenoxy) is 4. The van der Waals surface area contributed by atoms with Gasteiger partial charge in [-0.2, -0.15) is 0 Å². The molecule has 0 amide bonds. The van der Waals surface area contributed by atoms with E-state index >= 15 is 0 Å². The highest BCUT2D eigenvalue weighted by molar-refractivity contribution is 6.33. The Balaban J connectivity index is 1.63. The summed E-state index contributed by atoms with van der Waals surface area (Å²) in [6.45, 7) is 0.277. The maximum Gasteiger partial charge on any atom is 0.148 e. The Morgan fingerprint density at radius 3 is 1.17 bits per heavy atom. The van der Waals surface area contributed by atoms with Crippen LogP contribution in [0, 0.1) is 49.4 Å². The Labute approximate surface area is 348 Å². The Bertz CT molecular complexity index is 3030. The number of hydrogen-bond donors (Lipinski definition) is 0. The molecule has 2 heterocycles. The molecule has 0 atom stereocenters. The number of nitrogens with zero attached hydrogens (tertiary/aromatic N) is 2. The van der Waals surface area contributed by atoms with E-state index in [4.69, 9.17) is 44.6 Å². The van der Waals surface area contributed by atoms with E-state index in [1.165, 1.54) is 0 Å². The minimum atomic E-state index is 0.0513. The van der Waals surface area contributed by atoms with Gasteiger partial charge in [0, 0.05) is 55.2 Å². The van der Waals surface area contributed by atoms with Crippen molar-refractivity contribution in [3.63, 3.8) is 0 Å². The van der Waals surface area contributed by atoms with E-state index in [9.17, 15) is 0 Å². The van der Waals surface area contributed by atoms with Crippen LogP contribution in [0.1, 0.15) is 0 Å². The van der Waals surface area contributed by atoms with E-state index in [2.05, 4.69) is 106 Å².